The van der Waals surface area contributed by atoms with E-state index >= 15 is 0 Å². The van der Waals surface area contributed by atoms with Gasteiger partial charge in [0.05, 0.1) is 5.41 Å². The summed E-state index contributed by atoms with van der Waals surface area (Å²) in [5, 5.41) is 10.3. The highest BCUT2D eigenvalue weighted by atomic mass is 16.6. The predicted octanol–water partition coefficient (Wildman–Crippen LogP) is 2.17. The van der Waals surface area contributed by atoms with E-state index in [9.17, 15) is 14.9 Å². The Morgan fingerprint density at radius 2 is 2.00 bits per heavy atom. The summed E-state index contributed by atoms with van der Waals surface area (Å²) in [7, 11) is 0. The van der Waals surface area contributed by atoms with Crippen LogP contribution in [0.4, 0.5) is 0 Å². The zero-order chi connectivity index (χ0) is 12.4. The Morgan fingerprint density at radius 3 is 2.31 bits per heavy atom. The van der Waals surface area contributed by atoms with Gasteiger partial charge in [0.1, 0.15) is 5.60 Å². The standard InChI is InChI=1S/C11H19NO4/c1-10(2,3)16-9(13)11(5-4-6-11)7-8-12(14)15/h4-8H2,1-3H3. The average Bonchev–Trinajstić information content (AvgIpc) is 1.97. The molecule has 0 atom stereocenters. The second-order valence-electron chi connectivity index (χ2n) is 5.44. The molecule has 0 unspecified atom stereocenters. The van der Waals surface area contributed by atoms with Crippen molar-refractivity contribution < 1.29 is 14.5 Å². The molecular weight excluding hydrogens is 210 g/mol. The quantitative estimate of drug-likeness (QED) is 0.421. The lowest BCUT2D eigenvalue weighted by Gasteiger charge is -2.40. The molecule has 92 valence electrons. The van der Waals surface area contributed by atoms with Crippen molar-refractivity contribution in [2.24, 2.45) is 5.41 Å². The van der Waals surface area contributed by atoms with E-state index in [-0.39, 0.29) is 17.4 Å². The second-order valence-corrected chi connectivity index (χ2v) is 5.44. The Balaban J connectivity index is 2.58. The molecule has 0 N–H and O–H groups in total. The zero-order valence-electron chi connectivity index (χ0n) is 10.1. The molecule has 5 nitrogen and oxygen atoms in total. The van der Waals surface area contributed by atoms with Gasteiger partial charge >= 0.3 is 5.97 Å². The van der Waals surface area contributed by atoms with Crippen LogP contribution in [0, 0.1) is 15.5 Å². The lowest BCUT2D eigenvalue weighted by molar-refractivity contribution is -0.483. The molecule has 1 aliphatic rings. The molecule has 1 saturated carbocycles. The highest BCUT2D eigenvalue weighted by molar-refractivity contribution is 5.78. The fourth-order valence-electron chi connectivity index (χ4n) is 1.85. The first kappa shape index (κ1) is 12.9. The second kappa shape index (κ2) is 4.39. The first-order valence-electron chi connectivity index (χ1n) is 5.60. The van der Waals surface area contributed by atoms with Crippen molar-refractivity contribution in [2.75, 3.05) is 6.54 Å². The molecule has 0 heterocycles. The van der Waals surface area contributed by atoms with Crippen molar-refractivity contribution >= 4 is 5.97 Å². The molecule has 1 aliphatic carbocycles. The number of hydrogen-bond acceptors (Lipinski definition) is 4. The van der Waals surface area contributed by atoms with Crippen molar-refractivity contribution in [3.05, 3.63) is 10.1 Å². The van der Waals surface area contributed by atoms with Gasteiger partial charge in [-0.1, -0.05) is 6.42 Å². The van der Waals surface area contributed by atoms with E-state index in [1.54, 1.807) is 0 Å². The molecule has 1 fully saturated rings. The van der Waals surface area contributed by atoms with Gasteiger partial charge in [0, 0.05) is 11.3 Å². The molecule has 0 saturated heterocycles. The van der Waals surface area contributed by atoms with E-state index in [0.29, 0.717) is 6.42 Å². The normalized spacial score (nSPS) is 18.7. The minimum Gasteiger partial charge on any atom is -0.460 e. The number of nitro groups is 1. The summed E-state index contributed by atoms with van der Waals surface area (Å²) in [4.78, 5) is 21.9. The number of ether oxygens (including phenoxy) is 1. The Bertz CT molecular complexity index is 289. The SMILES string of the molecule is CC(C)(C)OC(=O)C1(CC[N+](=O)[O-])CCC1. The van der Waals surface area contributed by atoms with E-state index < -0.39 is 11.0 Å². The molecule has 0 amide bonds. The van der Waals surface area contributed by atoms with Crippen molar-refractivity contribution in [1.82, 2.24) is 0 Å². The summed E-state index contributed by atoms with van der Waals surface area (Å²) in [5.74, 6) is -0.270. The number of hydrogen-bond donors (Lipinski definition) is 0. The molecule has 0 aromatic carbocycles. The van der Waals surface area contributed by atoms with E-state index in [1.807, 2.05) is 20.8 Å². The number of rotatable bonds is 4. The van der Waals surface area contributed by atoms with Crippen molar-refractivity contribution in [1.29, 1.82) is 0 Å². The third-order valence-electron chi connectivity index (χ3n) is 2.92. The van der Waals surface area contributed by atoms with E-state index in [4.69, 9.17) is 4.74 Å². The predicted molar refractivity (Wildman–Crippen MR) is 58.6 cm³/mol. The monoisotopic (exact) mass is 229 g/mol. The molecule has 0 bridgehead atoms. The van der Waals surface area contributed by atoms with Crippen LogP contribution >= 0.6 is 0 Å². The molecule has 5 heteroatoms. The number of esters is 1. The Hall–Kier alpha value is -1.13. The Morgan fingerprint density at radius 1 is 1.44 bits per heavy atom. The minimum atomic E-state index is -0.583. The summed E-state index contributed by atoms with van der Waals surface area (Å²) in [6.07, 6.45) is 2.69. The van der Waals surface area contributed by atoms with Crippen LogP contribution in [-0.4, -0.2) is 23.0 Å². The van der Waals surface area contributed by atoms with Gasteiger partial charge in [-0.25, -0.2) is 0 Å². The Kier molecular flexibility index (Phi) is 3.55. The summed E-state index contributed by atoms with van der Waals surface area (Å²) < 4.78 is 5.32. The largest absolute Gasteiger partial charge is 0.460 e. The van der Waals surface area contributed by atoms with Gasteiger partial charge in [-0.2, -0.15) is 0 Å². The average molecular weight is 229 g/mol. The molecule has 0 radical (unpaired) electrons. The number of carbonyl (C=O) groups excluding carboxylic acids is 1. The van der Waals surface area contributed by atoms with Crippen molar-refractivity contribution in [2.45, 2.75) is 52.1 Å². The fraction of sp³-hybridized carbons (Fsp3) is 0.909. The smallest absolute Gasteiger partial charge is 0.312 e. The van der Waals surface area contributed by atoms with Gasteiger partial charge in [-0.3, -0.25) is 14.9 Å². The van der Waals surface area contributed by atoms with E-state index in [0.717, 1.165) is 19.3 Å². The van der Waals surface area contributed by atoms with E-state index in [1.165, 1.54) is 0 Å². The van der Waals surface area contributed by atoms with Gasteiger partial charge in [0.2, 0.25) is 6.54 Å². The maximum absolute atomic E-state index is 11.9. The van der Waals surface area contributed by atoms with E-state index in [2.05, 4.69) is 0 Å². The molecule has 1 rings (SSSR count). The maximum Gasteiger partial charge on any atom is 0.312 e. The lowest BCUT2D eigenvalue weighted by Crippen LogP contribution is -2.43. The maximum atomic E-state index is 11.9. The van der Waals surface area contributed by atoms with Gasteiger partial charge < -0.3 is 4.74 Å². The summed E-state index contributed by atoms with van der Waals surface area (Å²) >= 11 is 0. The molecule has 0 aliphatic heterocycles. The molecule has 0 spiro atoms. The Labute approximate surface area is 95.3 Å². The third kappa shape index (κ3) is 3.18. The van der Waals surface area contributed by atoms with Crippen LogP contribution in [-0.2, 0) is 9.53 Å². The number of carbonyl (C=O) groups is 1. The first-order chi connectivity index (χ1) is 7.25. The van der Waals surface area contributed by atoms with Crippen molar-refractivity contribution in [3.8, 4) is 0 Å². The fourth-order valence-corrected chi connectivity index (χ4v) is 1.85. The first-order valence-corrected chi connectivity index (χ1v) is 5.60. The van der Waals surface area contributed by atoms with Crippen LogP contribution < -0.4 is 0 Å². The molecule has 0 aromatic rings. The summed E-state index contributed by atoms with van der Waals surface area (Å²) in [5.41, 5.74) is -1.10. The summed E-state index contributed by atoms with van der Waals surface area (Å²) in [6, 6.07) is 0. The van der Waals surface area contributed by atoms with Gasteiger partial charge in [-0.15, -0.1) is 0 Å². The van der Waals surface area contributed by atoms with Crippen LogP contribution in [0.1, 0.15) is 46.5 Å². The van der Waals surface area contributed by atoms with Crippen LogP contribution in [0.2, 0.25) is 0 Å². The lowest BCUT2D eigenvalue weighted by atomic mass is 9.66. The van der Waals surface area contributed by atoms with Crippen molar-refractivity contribution in [3.63, 3.8) is 0 Å². The highest BCUT2D eigenvalue weighted by Gasteiger charge is 2.47. The van der Waals surface area contributed by atoms with Crippen LogP contribution in [0.15, 0.2) is 0 Å². The highest BCUT2D eigenvalue weighted by Crippen LogP contribution is 2.45. The molecule has 16 heavy (non-hydrogen) atoms. The van der Waals surface area contributed by atoms with Crippen LogP contribution in [0.5, 0.6) is 0 Å². The van der Waals surface area contributed by atoms with Gasteiger partial charge in [0.25, 0.3) is 0 Å². The van der Waals surface area contributed by atoms with Gasteiger partial charge in [-0.05, 0) is 33.6 Å². The molecular formula is C11H19NO4. The van der Waals surface area contributed by atoms with Crippen LogP contribution in [0.25, 0.3) is 0 Å². The summed E-state index contributed by atoms with van der Waals surface area (Å²) in [6.45, 7) is 5.28. The molecule has 0 aromatic heterocycles. The minimum absolute atomic E-state index is 0.154. The van der Waals surface area contributed by atoms with Gasteiger partial charge in [0.15, 0.2) is 0 Å². The third-order valence-corrected chi connectivity index (χ3v) is 2.92. The number of nitrogens with zero attached hydrogens (tertiary/aromatic N) is 1. The van der Waals surface area contributed by atoms with Crippen LogP contribution in [0.3, 0.4) is 0 Å². The topological polar surface area (TPSA) is 69.4 Å². The zero-order valence-corrected chi connectivity index (χ0v) is 10.1.